The molecule has 4 aromatic carbocycles. The topological polar surface area (TPSA) is 38.9 Å². The van der Waals surface area contributed by atoms with Crippen LogP contribution in [0, 0.1) is 12.1 Å². The van der Waals surface area contributed by atoms with E-state index in [2.05, 4.69) is 28.2 Å². The van der Waals surface area contributed by atoms with Crippen LogP contribution in [0.15, 0.2) is 132 Å². The number of aromatic nitrogens is 2. The van der Waals surface area contributed by atoms with Crippen molar-refractivity contribution in [2.24, 2.45) is 0 Å². The first kappa shape index (κ1) is 25.3. The van der Waals surface area contributed by atoms with E-state index in [1.54, 1.807) is 30.6 Å². The summed E-state index contributed by atoms with van der Waals surface area (Å²) in [5.74, 6) is -0.667. The van der Waals surface area contributed by atoms with E-state index in [4.69, 9.17) is 8.53 Å². The standard InChI is InChI=1S/C20H16NO.C18H14N.Ir/c1-13(2)14-10-11-21-18(12-14)17-8-5-7-16-15-6-3-4-9-19(15)22-20(16)17;1-3-7-15(8-4-1)13-16-11-12-18(19-14-16)17-9-5-2-6-10-17;/h3-7,9-13H,1-2H3;1-9,11-12,14H,13H2;/q2*-1;/i13D;13D2;. The maximum absolute atomic E-state index is 8.30. The Balaban J connectivity index is 0.000000175. The van der Waals surface area contributed by atoms with Gasteiger partial charge in [0.2, 0.25) is 0 Å². The minimum Gasteiger partial charge on any atom is -0.501 e. The van der Waals surface area contributed by atoms with Gasteiger partial charge in [-0.25, -0.2) is 0 Å². The SMILES string of the molecule is [2H]C(C)(C)c1ccnc(-c2[c-]ccc3c2oc2ccccc23)c1.[2H]C([2H])(c1ccccc1)c1ccc(-c2[c-]cccc2)nc1.[Ir]. The third-order valence-electron chi connectivity index (χ3n) is 6.74. The van der Waals surface area contributed by atoms with E-state index >= 15 is 0 Å². The van der Waals surface area contributed by atoms with Crippen molar-refractivity contribution in [1.82, 2.24) is 9.97 Å². The Hall–Kier alpha value is -4.37. The number of pyridine rings is 2. The van der Waals surface area contributed by atoms with E-state index in [1.807, 2.05) is 105 Å². The predicted octanol–water partition coefficient (Wildman–Crippen LogP) is 9.71. The number of hydrogen-bond donors (Lipinski definition) is 0. The quantitative estimate of drug-likeness (QED) is 0.166. The van der Waals surface area contributed by atoms with E-state index in [-0.39, 0.29) is 20.1 Å². The Morgan fingerprint density at radius 2 is 1.57 bits per heavy atom. The maximum atomic E-state index is 8.30. The molecule has 0 spiro atoms. The molecule has 0 fully saturated rings. The number of hydrogen-bond acceptors (Lipinski definition) is 3. The molecule has 7 rings (SSSR count). The van der Waals surface area contributed by atoms with Crippen LogP contribution in [0.25, 0.3) is 44.5 Å². The zero-order chi connectivity index (χ0) is 30.7. The molecule has 42 heavy (non-hydrogen) atoms. The Morgan fingerprint density at radius 1 is 0.762 bits per heavy atom. The van der Waals surface area contributed by atoms with Gasteiger partial charge in [-0.2, -0.15) is 0 Å². The summed E-state index contributed by atoms with van der Waals surface area (Å²) >= 11 is 0. The van der Waals surface area contributed by atoms with Gasteiger partial charge in [0.15, 0.2) is 0 Å². The van der Waals surface area contributed by atoms with Crippen molar-refractivity contribution in [2.45, 2.75) is 26.1 Å². The number of furan rings is 1. The Bertz CT molecular complexity index is 2020. The van der Waals surface area contributed by atoms with Gasteiger partial charge in [0.25, 0.3) is 0 Å². The first-order chi connectivity index (χ1) is 21.2. The van der Waals surface area contributed by atoms with Gasteiger partial charge in [0.05, 0.1) is 5.58 Å². The molecular formula is C38H30IrN2O-2. The van der Waals surface area contributed by atoms with Crippen molar-refractivity contribution >= 4 is 21.9 Å². The zero-order valence-electron chi connectivity index (χ0n) is 26.3. The Kier molecular flexibility index (Phi) is 8.16. The molecule has 0 amide bonds. The number of nitrogens with zero attached hydrogens (tertiary/aromatic N) is 2. The second-order valence-electron chi connectivity index (χ2n) is 9.82. The van der Waals surface area contributed by atoms with Crippen LogP contribution in [0.5, 0.6) is 0 Å². The molecule has 7 aromatic rings. The number of para-hydroxylation sites is 1. The summed E-state index contributed by atoms with van der Waals surface area (Å²) < 4.78 is 30.9. The fourth-order valence-corrected chi connectivity index (χ4v) is 4.63. The predicted molar refractivity (Wildman–Crippen MR) is 168 cm³/mol. The molecule has 3 aromatic heterocycles. The third kappa shape index (κ3) is 6.57. The smallest absolute Gasteiger partial charge is 0.120 e. The molecule has 0 unspecified atom stereocenters. The zero-order valence-corrected chi connectivity index (χ0v) is 25.7. The third-order valence-corrected chi connectivity index (χ3v) is 6.74. The van der Waals surface area contributed by atoms with Crippen molar-refractivity contribution in [3.63, 3.8) is 0 Å². The molecule has 0 aliphatic heterocycles. The second-order valence-corrected chi connectivity index (χ2v) is 9.82. The molecule has 0 atom stereocenters. The fraction of sp³-hybridized carbons (Fsp3) is 0.105. The molecule has 209 valence electrons. The van der Waals surface area contributed by atoms with Crippen LogP contribution in [0.2, 0.25) is 0 Å². The van der Waals surface area contributed by atoms with Crippen molar-refractivity contribution in [1.29, 1.82) is 0 Å². The van der Waals surface area contributed by atoms with Crippen molar-refractivity contribution < 1.29 is 28.6 Å². The molecule has 0 bridgehead atoms. The average Bonchev–Trinajstić information content (AvgIpc) is 3.45. The molecule has 0 aliphatic carbocycles. The summed E-state index contributed by atoms with van der Waals surface area (Å²) in [4.78, 5) is 8.84. The van der Waals surface area contributed by atoms with E-state index in [9.17, 15) is 0 Å². The van der Waals surface area contributed by atoms with E-state index in [1.165, 1.54) is 0 Å². The molecule has 1 radical (unpaired) electrons. The van der Waals surface area contributed by atoms with Gasteiger partial charge in [-0.3, -0.25) is 0 Å². The van der Waals surface area contributed by atoms with Gasteiger partial charge in [0, 0.05) is 42.0 Å². The molecule has 3 nitrogen and oxygen atoms in total. The average molecular weight is 726 g/mol. The van der Waals surface area contributed by atoms with Crippen molar-refractivity contribution in [3.8, 4) is 22.5 Å². The molecule has 0 aliphatic rings. The van der Waals surface area contributed by atoms with Crippen molar-refractivity contribution in [3.05, 3.63) is 156 Å². The van der Waals surface area contributed by atoms with Gasteiger partial charge in [0.1, 0.15) is 5.58 Å². The first-order valence-electron chi connectivity index (χ1n) is 15.0. The number of fused-ring (bicyclic) bond motifs is 3. The molecule has 0 N–H and O–H groups in total. The van der Waals surface area contributed by atoms with Gasteiger partial charge in [-0.05, 0) is 46.9 Å². The van der Waals surface area contributed by atoms with Gasteiger partial charge in [-0.1, -0.05) is 97.1 Å². The molecule has 0 saturated heterocycles. The summed E-state index contributed by atoms with van der Waals surface area (Å²) in [5.41, 5.74) is 7.08. The second kappa shape index (κ2) is 13.5. The van der Waals surface area contributed by atoms with Crippen LogP contribution in [0.1, 0.15) is 40.5 Å². The number of benzene rings is 4. The normalized spacial score (nSPS) is 12.4. The van der Waals surface area contributed by atoms with Crippen LogP contribution in [0.3, 0.4) is 0 Å². The summed E-state index contributed by atoms with van der Waals surface area (Å²) in [6.07, 6.45) is 1.80. The molecule has 4 heteroatoms. The molecule has 0 saturated carbocycles. The molecule has 3 heterocycles. The largest absolute Gasteiger partial charge is 0.501 e. The van der Waals surface area contributed by atoms with E-state index in [0.29, 0.717) is 11.1 Å². The fourth-order valence-electron chi connectivity index (χ4n) is 4.63. The van der Waals surface area contributed by atoms with Crippen LogP contribution in [0.4, 0.5) is 0 Å². The van der Waals surface area contributed by atoms with Crippen molar-refractivity contribution in [2.75, 3.05) is 0 Å². The van der Waals surface area contributed by atoms with Crippen LogP contribution < -0.4 is 0 Å². The molecular weight excluding hydrogens is 693 g/mol. The van der Waals surface area contributed by atoms with Gasteiger partial charge >= 0.3 is 0 Å². The Labute approximate surface area is 264 Å². The summed E-state index contributed by atoms with van der Waals surface area (Å²) in [7, 11) is 0. The van der Waals surface area contributed by atoms with Crippen LogP contribution in [-0.2, 0) is 26.5 Å². The minimum atomic E-state index is -1.55. The van der Waals surface area contributed by atoms with Crippen LogP contribution in [-0.4, -0.2) is 9.97 Å². The van der Waals surface area contributed by atoms with E-state index < -0.39 is 12.3 Å². The number of rotatable bonds is 5. The van der Waals surface area contributed by atoms with Crippen LogP contribution >= 0.6 is 0 Å². The summed E-state index contributed by atoms with van der Waals surface area (Å²) in [5, 5.41) is 2.15. The Morgan fingerprint density at radius 3 is 2.33 bits per heavy atom. The van der Waals surface area contributed by atoms with Gasteiger partial charge < -0.3 is 14.4 Å². The summed E-state index contributed by atoms with van der Waals surface area (Å²) in [6.45, 7) is 3.75. The van der Waals surface area contributed by atoms with E-state index in [0.717, 1.165) is 50.0 Å². The maximum Gasteiger partial charge on any atom is 0.120 e. The monoisotopic (exact) mass is 726 g/mol. The van der Waals surface area contributed by atoms with Gasteiger partial charge in [-0.15, -0.1) is 54.1 Å². The first-order valence-corrected chi connectivity index (χ1v) is 13.5. The summed E-state index contributed by atoms with van der Waals surface area (Å²) in [6, 6.07) is 42.5. The minimum absolute atomic E-state index is 0.